The third-order valence-corrected chi connectivity index (χ3v) is 7.18. The van der Waals surface area contributed by atoms with Gasteiger partial charge in [0.05, 0.1) is 11.7 Å². The summed E-state index contributed by atoms with van der Waals surface area (Å²) in [6.45, 7) is 3.83. The number of piperidine rings is 2. The Morgan fingerprint density at radius 3 is 2.77 bits per heavy atom. The van der Waals surface area contributed by atoms with Crippen molar-refractivity contribution in [3.8, 4) is 0 Å². The van der Waals surface area contributed by atoms with Gasteiger partial charge in [0.1, 0.15) is 6.04 Å². The number of amides is 3. The average Bonchev–Trinajstić information content (AvgIpc) is 3.30. The van der Waals surface area contributed by atoms with E-state index in [0.29, 0.717) is 25.1 Å². The standard InChI is InChI=1S/C23H30N4O4/c28-19-5-4-18(21(29)26-19)27-14-16-3-1-2-15(20(16)22(27)30)12-25-13-17-6-7-23(31-17)8-10-24-11-9-23/h1-3,17-18,24-25H,4-14H2,(H,26,28,29). The van der Waals surface area contributed by atoms with Crippen molar-refractivity contribution in [3.63, 3.8) is 0 Å². The summed E-state index contributed by atoms with van der Waals surface area (Å²) in [6, 6.07) is 5.31. The highest BCUT2D eigenvalue weighted by atomic mass is 16.5. The number of imide groups is 1. The first-order chi connectivity index (χ1) is 15.0. The van der Waals surface area contributed by atoms with Crippen LogP contribution in [0.1, 0.15) is 60.0 Å². The van der Waals surface area contributed by atoms with E-state index in [1.54, 1.807) is 4.90 Å². The Hall–Kier alpha value is -2.29. The van der Waals surface area contributed by atoms with Crippen LogP contribution in [0.15, 0.2) is 18.2 Å². The van der Waals surface area contributed by atoms with Gasteiger partial charge < -0.3 is 20.3 Å². The summed E-state index contributed by atoms with van der Waals surface area (Å²) in [5.41, 5.74) is 2.65. The van der Waals surface area contributed by atoms with E-state index < -0.39 is 6.04 Å². The Bertz CT molecular complexity index is 896. The maximum absolute atomic E-state index is 13.2. The molecule has 166 valence electrons. The van der Waals surface area contributed by atoms with E-state index in [1.807, 2.05) is 18.2 Å². The highest BCUT2D eigenvalue weighted by Crippen LogP contribution is 2.37. The quantitative estimate of drug-likeness (QED) is 0.604. The summed E-state index contributed by atoms with van der Waals surface area (Å²) in [5, 5.41) is 9.25. The van der Waals surface area contributed by atoms with Crippen molar-refractivity contribution in [1.29, 1.82) is 0 Å². The van der Waals surface area contributed by atoms with Crippen LogP contribution < -0.4 is 16.0 Å². The number of nitrogens with one attached hydrogen (secondary N) is 3. The molecule has 4 aliphatic rings. The van der Waals surface area contributed by atoms with Crippen molar-refractivity contribution in [2.75, 3.05) is 19.6 Å². The lowest BCUT2D eigenvalue weighted by Gasteiger charge is -2.33. The molecule has 31 heavy (non-hydrogen) atoms. The van der Waals surface area contributed by atoms with Crippen molar-refractivity contribution in [3.05, 3.63) is 34.9 Å². The molecule has 1 aromatic carbocycles. The van der Waals surface area contributed by atoms with Crippen LogP contribution in [0.25, 0.3) is 0 Å². The molecule has 1 spiro atoms. The molecule has 3 saturated heterocycles. The van der Waals surface area contributed by atoms with Gasteiger partial charge in [-0.1, -0.05) is 18.2 Å². The predicted octanol–water partition coefficient (Wildman–Crippen LogP) is 0.838. The summed E-state index contributed by atoms with van der Waals surface area (Å²) in [4.78, 5) is 38.5. The molecular formula is C23H30N4O4. The van der Waals surface area contributed by atoms with Gasteiger partial charge in [-0.3, -0.25) is 19.7 Å². The lowest BCUT2D eigenvalue weighted by Crippen LogP contribution is -2.52. The molecule has 0 aliphatic carbocycles. The Labute approximate surface area is 182 Å². The zero-order valence-corrected chi connectivity index (χ0v) is 17.7. The number of ether oxygens (including phenoxy) is 1. The summed E-state index contributed by atoms with van der Waals surface area (Å²) in [6.07, 6.45) is 5.23. The van der Waals surface area contributed by atoms with Crippen LogP contribution in [0.5, 0.6) is 0 Å². The third-order valence-electron chi connectivity index (χ3n) is 7.18. The molecule has 0 bridgehead atoms. The molecule has 5 rings (SSSR count). The number of carbonyl (C=O) groups is 3. The summed E-state index contributed by atoms with van der Waals surface area (Å²) >= 11 is 0. The first-order valence-corrected chi connectivity index (χ1v) is 11.4. The minimum Gasteiger partial charge on any atom is -0.370 e. The molecule has 0 radical (unpaired) electrons. The molecule has 8 heteroatoms. The molecule has 1 aromatic rings. The minimum atomic E-state index is -0.577. The zero-order chi connectivity index (χ0) is 21.4. The second kappa shape index (κ2) is 8.33. The van der Waals surface area contributed by atoms with Gasteiger partial charge in [0.15, 0.2) is 0 Å². The second-order valence-corrected chi connectivity index (χ2v) is 9.19. The Morgan fingerprint density at radius 2 is 1.97 bits per heavy atom. The van der Waals surface area contributed by atoms with Crippen LogP contribution in [-0.4, -0.2) is 60.0 Å². The van der Waals surface area contributed by atoms with Crippen LogP contribution in [0.3, 0.4) is 0 Å². The number of benzene rings is 1. The van der Waals surface area contributed by atoms with E-state index in [9.17, 15) is 14.4 Å². The molecule has 2 atom stereocenters. The molecule has 0 aromatic heterocycles. The van der Waals surface area contributed by atoms with Gasteiger partial charge >= 0.3 is 0 Å². The molecule has 8 nitrogen and oxygen atoms in total. The fraction of sp³-hybridized carbons (Fsp3) is 0.609. The first kappa shape index (κ1) is 20.6. The number of nitrogens with zero attached hydrogens (tertiary/aromatic N) is 1. The second-order valence-electron chi connectivity index (χ2n) is 9.19. The topological polar surface area (TPSA) is 99.8 Å². The van der Waals surface area contributed by atoms with E-state index >= 15 is 0 Å². The summed E-state index contributed by atoms with van der Waals surface area (Å²) < 4.78 is 6.41. The van der Waals surface area contributed by atoms with E-state index in [2.05, 4.69) is 16.0 Å². The van der Waals surface area contributed by atoms with Gasteiger partial charge in [0.25, 0.3) is 5.91 Å². The van der Waals surface area contributed by atoms with Gasteiger partial charge in [0, 0.05) is 31.6 Å². The van der Waals surface area contributed by atoms with E-state index in [1.165, 1.54) is 0 Å². The molecule has 4 aliphatic heterocycles. The molecule has 3 N–H and O–H groups in total. The minimum absolute atomic E-state index is 0.0595. The lowest BCUT2D eigenvalue weighted by molar-refractivity contribution is -0.136. The summed E-state index contributed by atoms with van der Waals surface area (Å²) in [5.74, 6) is -0.759. The van der Waals surface area contributed by atoms with Gasteiger partial charge in [-0.2, -0.15) is 0 Å². The van der Waals surface area contributed by atoms with Crippen LogP contribution in [-0.2, 0) is 27.4 Å². The predicted molar refractivity (Wildman–Crippen MR) is 113 cm³/mol. The van der Waals surface area contributed by atoms with Gasteiger partial charge in [0.2, 0.25) is 11.8 Å². The Morgan fingerprint density at radius 1 is 1.13 bits per heavy atom. The molecule has 4 heterocycles. The maximum Gasteiger partial charge on any atom is 0.255 e. The van der Waals surface area contributed by atoms with Crippen molar-refractivity contribution in [2.45, 2.75) is 69.4 Å². The van der Waals surface area contributed by atoms with Crippen LogP contribution in [0.2, 0.25) is 0 Å². The van der Waals surface area contributed by atoms with Crippen molar-refractivity contribution in [2.24, 2.45) is 0 Å². The van der Waals surface area contributed by atoms with E-state index in [4.69, 9.17) is 4.74 Å². The maximum atomic E-state index is 13.2. The lowest BCUT2D eigenvalue weighted by atomic mass is 9.89. The fourth-order valence-electron chi connectivity index (χ4n) is 5.49. The van der Waals surface area contributed by atoms with Gasteiger partial charge in [-0.15, -0.1) is 0 Å². The number of rotatable bonds is 5. The largest absolute Gasteiger partial charge is 0.370 e. The number of fused-ring (bicyclic) bond motifs is 1. The van der Waals surface area contributed by atoms with Crippen molar-refractivity contribution >= 4 is 17.7 Å². The number of hydrogen-bond acceptors (Lipinski definition) is 6. The molecule has 3 amide bonds. The highest BCUT2D eigenvalue weighted by molar-refractivity contribution is 6.05. The monoisotopic (exact) mass is 426 g/mol. The van der Waals surface area contributed by atoms with Crippen molar-refractivity contribution in [1.82, 2.24) is 20.9 Å². The van der Waals surface area contributed by atoms with Gasteiger partial charge in [-0.25, -0.2) is 0 Å². The van der Waals surface area contributed by atoms with Crippen LogP contribution in [0, 0.1) is 0 Å². The number of carbonyl (C=O) groups excluding carboxylic acids is 3. The Balaban J connectivity index is 1.20. The van der Waals surface area contributed by atoms with Crippen LogP contribution in [0.4, 0.5) is 0 Å². The molecular weight excluding hydrogens is 396 g/mol. The molecule has 3 fully saturated rings. The first-order valence-electron chi connectivity index (χ1n) is 11.4. The normalized spacial score (nSPS) is 27.6. The van der Waals surface area contributed by atoms with Crippen molar-refractivity contribution < 1.29 is 19.1 Å². The fourth-order valence-corrected chi connectivity index (χ4v) is 5.49. The smallest absolute Gasteiger partial charge is 0.255 e. The summed E-state index contributed by atoms with van der Waals surface area (Å²) in [7, 11) is 0. The van der Waals surface area contributed by atoms with Crippen LogP contribution >= 0.6 is 0 Å². The van der Waals surface area contributed by atoms with Gasteiger partial charge in [-0.05, 0) is 56.3 Å². The zero-order valence-electron chi connectivity index (χ0n) is 17.7. The molecule has 0 saturated carbocycles. The molecule has 2 unspecified atom stereocenters. The Kier molecular flexibility index (Phi) is 5.54. The van der Waals surface area contributed by atoms with E-state index in [0.717, 1.165) is 56.4 Å². The highest BCUT2D eigenvalue weighted by Gasteiger charge is 2.41. The number of hydrogen-bond donors (Lipinski definition) is 3. The van der Waals surface area contributed by atoms with E-state index in [-0.39, 0.29) is 35.8 Å². The SMILES string of the molecule is O=C1CCC(N2Cc3cccc(CNCC4CCC5(CCNCC5)O4)c3C2=O)C(=O)N1. The average molecular weight is 427 g/mol. The third kappa shape index (κ3) is 4.00.